The summed E-state index contributed by atoms with van der Waals surface area (Å²) in [7, 11) is 0. The third-order valence-electron chi connectivity index (χ3n) is 8.27. The highest BCUT2D eigenvalue weighted by atomic mass is 16.6. The normalized spacial score (nSPS) is 11.7. The fourth-order valence-electron chi connectivity index (χ4n) is 5.40. The number of non-ortho nitro benzene ring substituents is 2. The molecule has 0 amide bonds. The number of nitro groups is 2. The third-order valence-corrected chi connectivity index (χ3v) is 8.27. The third kappa shape index (κ3) is 8.99. The molecule has 13 nitrogen and oxygen atoms in total. The Morgan fingerprint density at radius 3 is 1.05 bits per heavy atom. The standard InChI is InChI=1S/C42H28N2O11/c45-37(27-7-3-1-4-8-27)39(29-11-19-33(20-12-29)43(49)50)54-41(47)31-15-23-35(24-16-31)53-36-25-17-32(18-26-36)42(48)55-40(38(46)28-9-5-2-6-10-28)30-13-21-34(22-14-30)44(51)52/h1-26,39-40H/t39-,40-/m1/s1. The minimum Gasteiger partial charge on any atom is -0.457 e. The van der Waals surface area contributed by atoms with Gasteiger partial charge in [-0.2, -0.15) is 0 Å². The zero-order chi connectivity index (χ0) is 38.9. The van der Waals surface area contributed by atoms with Gasteiger partial charge in [0, 0.05) is 46.5 Å². The van der Waals surface area contributed by atoms with Gasteiger partial charge in [-0.15, -0.1) is 0 Å². The van der Waals surface area contributed by atoms with E-state index in [-0.39, 0.29) is 44.8 Å². The number of Topliss-reactive ketones (excluding diaryl/α,β-unsaturated/α-hetero) is 2. The summed E-state index contributed by atoms with van der Waals surface area (Å²) in [5.41, 5.74) is 0.911. The average Bonchev–Trinajstić information content (AvgIpc) is 3.22. The van der Waals surface area contributed by atoms with Crippen molar-refractivity contribution < 1.29 is 43.2 Å². The Morgan fingerprint density at radius 1 is 0.418 bits per heavy atom. The van der Waals surface area contributed by atoms with Crippen molar-refractivity contribution in [2.75, 3.05) is 0 Å². The molecule has 0 radical (unpaired) electrons. The van der Waals surface area contributed by atoms with Gasteiger partial charge >= 0.3 is 11.9 Å². The van der Waals surface area contributed by atoms with Crippen LogP contribution in [0.5, 0.6) is 11.5 Å². The van der Waals surface area contributed by atoms with Crippen molar-refractivity contribution in [3.05, 3.63) is 211 Å². The van der Waals surface area contributed by atoms with E-state index in [1.807, 2.05) is 0 Å². The zero-order valence-corrected chi connectivity index (χ0v) is 28.6. The van der Waals surface area contributed by atoms with Crippen LogP contribution in [0.1, 0.15) is 64.8 Å². The molecule has 0 fully saturated rings. The molecule has 6 aromatic carbocycles. The lowest BCUT2D eigenvalue weighted by Crippen LogP contribution is -2.20. The molecule has 6 rings (SSSR count). The molecule has 0 aliphatic carbocycles. The van der Waals surface area contributed by atoms with Gasteiger partial charge in [-0.25, -0.2) is 9.59 Å². The van der Waals surface area contributed by atoms with Crippen molar-refractivity contribution in [3.8, 4) is 11.5 Å². The van der Waals surface area contributed by atoms with Crippen molar-refractivity contribution in [2.45, 2.75) is 12.2 Å². The largest absolute Gasteiger partial charge is 0.457 e. The number of rotatable bonds is 14. The Hall–Kier alpha value is -7.80. The predicted molar refractivity (Wildman–Crippen MR) is 197 cm³/mol. The maximum absolute atomic E-state index is 13.4. The number of benzene rings is 6. The van der Waals surface area contributed by atoms with Gasteiger partial charge in [0.1, 0.15) is 11.5 Å². The summed E-state index contributed by atoms with van der Waals surface area (Å²) < 4.78 is 17.2. The number of nitro benzene ring substituents is 2. The maximum Gasteiger partial charge on any atom is 0.339 e. The van der Waals surface area contributed by atoms with Crippen molar-refractivity contribution in [1.29, 1.82) is 0 Å². The number of nitrogens with zero attached hydrogens (tertiary/aromatic N) is 2. The first-order valence-corrected chi connectivity index (χ1v) is 16.5. The number of carbonyl (C=O) groups is 4. The second kappa shape index (κ2) is 16.7. The molecule has 0 aliphatic rings. The van der Waals surface area contributed by atoms with Gasteiger partial charge in [-0.3, -0.25) is 29.8 Å². The van der Waals surface area contributed by atoms with E-state index in [1.54, 1.807) is 60.7 Å². The molecule has 272 valence electrons. The fraction of sp³-hybridized carbons (Fsp3) is 0.0476. The van der Waals surface area contributed by atoms with Crippen LogP contribution < -0.4 is 4.74 Å². The van der Waals surface area contributed by atoms with Crippen LogP contribution in [0.3, 0.4) is 0 Å². The summed E-state index contributed by atoms with van der Waals surface area (Å²) in [6.45, 7) is 0. The molecular formula is C42H28N2O11. The highest BCUT2D eigenvalue weighted by molar-refractivity contribution is 6.03. The monoisotopic (exact) mass is 736 g/mol. The van der Waals surface area contributed by atoms with E-state index in [2.05, 4.69) is 0 Å². The Kier molecular flexibility index (Phi) is 11.2. The van der Waals surface area contributed by atoms with Gasteiger partial charge in [0.25, 0.3) is 11.4 Å². The van der Waals surface area contributed by atoms with Gasteiger partial charge in [0.05, 0.1) is 21.0 Å². The van der Waals surface area contributed by atoms with E-state index >= 15 is 0 Å². The van der Waals surface area contributed by atoms with Crippen LogP contribution in [0.2, 0.25) is 0 Å². The molecular weight excluding hydrogens is 708 g/mol. The van der Waals surface area contributed by atoms with Gasteiger partial charge in [0.15, 0.2) is 12.2 Å². The zero-order valence-electron chi connectivity index (χ0n) is 28.6. The van der Waals surface area contributed by atoms with Crippen LogP contribution in [-0.4, -0.2) is 33.4 Å². The van der Waals surface area contributed by atoms with E-state index in [9.17, 15) is 39.4 Å². The summed E-state index contributed by atoms with van der Waals surface area (Å²) >= 11 is 0. The molecule has 2 atom stereocenters. The molecule has 0 N–H and O–H groups in total. The number of ether oxygens (including phenoxy) is 3. The Balaban J connectivity index is 1.13. The van der Waals surface area contributed by atoms with Crippen LogP contribution in [0.4, 0.5) is 11.4 Å². The molecule has 0 bridgehead atoms. The summed E-state index contributed by atoms with van der Waals surface area (Å²) in [4.78, 5) is 74.4. The molecule has 0 heterocycles. The van der Waals surface area contributed by atoms with Gasteiger partial charge in [0.2, 0.25) is 11.6 Å². The second-order valence-electron chi connectivity index (χ2n) is 11.9. The van der Waals surface area contributed by atoms with Gasteiger partial charge in [-0.05, 0) is 72.8 Å². The molecule has 0 saturated heterocycles. The lowest BCUT2D eigenvalue weighted by atomic mass is 9.99. The molecule has 0 spiro atoms. The number of hydrogen-bond acceptors (Lipinski definition) is 11. The highest BCUT2D eigenvalue weighted by Gasteiger charge is 2.29. The Morgan fingerprint density at radius 2 is 0.745 bits per heavy atom. The van der Waals surface area contributed by atoms with Gasteiger partial charge < -0.3 is 14.2 Å². The van der Waals surface area contributed by atoms with Crippen LogP contribution >= 0.6 is 0 Å². The minimum atomic E-state index is -1.38. The molecule has 0 saturated carbocycles. The predicted octanol–water partition coefficient (Wildman–Crippen LogP) is 8.86. The number of esters is 2. The maximum atomic E-state index is 13.4. The topological polar surface area (TPSA) is 182 Å². The number of ketones is 2. The lowest BCUT2D eigenvalue weighted by Gasteiger charge is -2.18. The van der Waals surface area contributed by atoms with Crippen LogP contribution in [0, 0.1) is 20.2 Å². The number of hydrogen-bond donors (Lipinski definition) is 0. The number of carbonyl (C=O) groups excluding carboxylic acids is 4. The van der Waals surface area contributed by atoms with Crippen LogP contribution in [0.25, 0.3) is 0 Å². The van der Waals surface area contributed by atoms with Crippen molar-refractivity contribution >= 4 is 34.9 Å². The molecule has 55 heavy (non-hydrogen) atoms. The first-order valence-electron chi connectivity index (χ1n) is 16.5. The summed E-state index contributed by atoms with van der Waals surface area (Å²) in [6.07, 6.45) is -2.75. The van der Waals surface area contributed by atoms with E-state index in [0.717, 1.165) is 0 Å². The smallest absolute Gasteiger partial charge is 0.339 e. The Labute approximate surface area is 312 Å². The first-order chi connectivity index (χ1) is 26.6. The van der Waals surface area contributed by atoms with Crippen molar-refractivity contribution in [1.82, 2.24) is 0 Å². The molecule has 6 aromatic rings. The molecule has 13 heteroatoms. The molecule has 0 unspecified atom stereocenters. The van der Waals surface area contributed by atoms with E-state index in [1.165, 1.54) is 97.1 Å². The fourth-order valence-corrected chi connectivity index (χ4v) is 5.40. The summed E-state index contributed by atoms with van der Waals surface area (Å²) in [5, 5.41) is 22.3. The quantitative estimate of drug-likeness (QED) is 0.0451. The van der Waals surface area contributed by atoms with Crippen molar-refractivity contribution in [3.63, 3.8) is 0 Å². The summed E-state index contributed by atoms with van der Waals surface area (Å²) in [6, 6.07) is 38.5. The molecule has 0 aliphatic heterocycles. The first kappa shape index (κ1) is 37.0. The highest BCUT2D eigenvalue weighted by Crippen LogP contribution is 2.29. The van der Waals surface area contributed by atoms with Crippen LogP contribution in [-0.2, 0) is 9.47 Å². The van der Waals surface area contributed by atoms with E-state index in [0.29, 0.717) is 11.5 Å². The molecule has 0 aromatic heterocycles. The van der Waals surface area contributed by atoms with Gasteiger partial charge in [-0.1, -0.05) is 60.7 Å². The lowest BCUT2D eigenvalue weighted by molar-refractivity contribution is -0.385. The van der Waals surface area contributed by atoms with Crippen molar-refractivity contribution in [2.24, 2.45) is 0 Å². The minimum absolute atomic E-state index is 0.103. The Bertz CT molecular complexity index is 2180. The second-order valence-corrected chi connectivity index (χ2v) is 11.9. The van der Waals surface area contributed by atoms with Crippen LogP contribution in [0.15, 0.2) is 158 Å². The summed E-state index contributed by atoms with van der Waals surface area (Å²) in [5.74, 6) is -2.02. The SMILES string of the molecule is O=C(O[C@@H](C(=O)c1ccccc1)c1ccc([N+](=O)[O-])cc1)c1ccc(Oc2ccc(C(=O)O[C@@H](C(=O)c3ccccc3)c3ccc([N+](=O)[O-])cc3)cc2)cc1. The van der Waals surface area contributed by atoms with E-state index in [4.69, 9.17) is 14.2 Å². The average molecular weight is 737 g/mol. The van der Waals surface area contributed by atoms with E-state index < -0.39 is 45.6 Å².